The lowest BCUT2D eigenvalue weighted by Crippen LogP contribution is -2.09. The maximum atomic E-state index is 13.1. The number of hydrogen-bond donors (Lipinski definition) is 1. The highest BCUT2D eigenvalue weighted by atomic mass is 16.5. The van der Waals surface area contributed by atoms with Gasteiger partial charge in [0.1, 0.15) is 5.75 Å². The topological polar surface area (TPSA) is 69.8 Å². The Balaban J connectivity index is 2.07. The van der Waals surface area contributed by atoms with Crippen LogP contribution in [0.5, 0.6) is 23.0 Å². The third-order valence-electron chi connectivity index (χ3n) is 4.21. The van der Waals surface area contributed by atoms with E-state index >= 15 is 0 Å². The van der Waals surface area contributed by atoms with Gasteiger partial charge in [0.05, 0.1) is 27.4 Å². The predicted octanol–water partition coefficient (Wildman–Crippen LogP) is 4.21. The van der Waals surface area contributed by atoms with Gasteiger partial charge in [-0.3, -0.25) is 4.79 Å². The molecule has 0 atom stereocenters. The summed E-state index contributed by atoms with van der Waals surface area (Å²) in [5.41, 5.74) is 1.85. The quantitative estimate of drug-likeness (QED) is 0.632. The lowest BCUT2D eigenvalue weighted by atomic mass is 10.0. The zero-order valence-electron chi connectivity index (χ0n) is 16.1. The first kappa shape index (κ1) is 18.6. The van der Waals surface area contributed by atoms with Gasteiger partial charge in [-0.2, -0.15) is 0 Å². The standard InChI is InChI=1S/C21H23NO5/c1-12(2)27-21-18(25-4)8-13(9-19(21)26-5)20(23)16-11-22-17-10-14(24-3)6-7-15(16)17/h6-12,22H,1-5H3. The monoisotopic (exact) mass is 369 g/mol. The molecule has 27 heavy (non-hydrogen) atoms. The van der Waals surface area contributed by atoms with Crippen LogP contribution in [-0.4, -0.2) is 38.2 Å². The van der Waals surface area contributed by atoms with Crippen molar-refractivity contribution >= 4 is 16.7 Å². The summed E-state index contributed by atoms with van der Waals surface area (Å²) < 4.78 is 21.9. The van der Waals surface area contributed by atoms with E-state index in [0.717, 1.165) is 16.7 Å². The molecular weight excluding hydrogens is 346 g/mol. The van der Waals surface area contributed by atoms with Crippen LogP contribution in [0.25, 0.3) is 10.9 Å². The Morgan fingerprint density at radius 1 is 0.963 bits per heavy atom. The fraction of sp³-hybridized carbons (Fsp3) is 0.286. The summed E-state index contributed by atoms with van der Waals surface area (Å²) in [5, 5.41) is 0.821. The number of carbonyl (C=O) groups is 1. The molecule has 3 rings (SSSR count). The van der Waals surface area contributed by atoms with Crippen molar-refractivity contribution in [3.05, 3.63) is 47.7 Å². The largest absolute Gasteiger partial charge is 0.497 e. The minimum absolute atomic E-state index is 0.0575. The molecule has 3 aromatic rings. The second-order valence-electron chi connectivity index (χ2n) is 6.32. The van der Waals surface area contributed by atoms with Crippen LogP contribution in [0.15, 0.2) is 36.5 Å². The number of ether oxygens (including phenoxy) is 4. The molecule has 1 aromatic heterocycles. The molecule has 0 saturated heterocycles. The minimum Gasteiger partial charge on any atom is -0.497 e. The summed E-state index contributed by atoms with van der Waals surface area (Å²) in [4.78, 5) is 16.3. The maximum absolute atomic E-state index is 13.1. The van der Waals surface area contributed by atoms with Crippen LogP contribution in [-0.2, 0) is 0 Å². The van der Waals surface area contributed by atoms with Crippen LogP contribution in [0.2, 0.25) is 0 Å². The number of ketones is 1. The second kappa shape index (κ2) is 7.61. The first-order valence-corrected chi connectivity index (χ1v) is 8.61. The van der Waals surface area contributed by atoms with E-state index in [1.807, 2.05) is 32.0 Å². The lowest BCUT2D eigenvalue weighted by molar-refractivity contribution is 0.103. The molecule has 0 bridgehead atoms. The fourth-order valence-corrected chi connectivity index (χ4v) is 2.94. The smallest absolute Gasteiger partial charge is 0.203 e. The van der Waals surface area contributed by atoms with Gasteiger partial charge >= 0.3 is 0 Å². The molecule has 6 heteroatoms. The Kier molecular flexibility index (Phi) is 5.26. The van der Waals surface area contributed by atoms with Crippen LogP contribution in [0.1, 0.15) is 29.8 Å². The second-order valence-corrected chi connectivity index (χ2v) is 6.32. The van der Waals surface area contributed by atoms with Crippen molar-refractivity contribution in [3.63, 3.8) is 0 Å². The van der Waals surface area contributed by atoms with Crippen molar-refractivity contribution in [1.29, 1.82) is 0 Å². The first-order valence-electron chi connectivity index (χ1n) is 8.61. The third kappa shape index (κ3) is 3.56. The molecule has 1 heterocycles. The van der Waals surface area contributed by atoms with Crippen molar-refractivity contribution in [1.82, 2.24) is 4.98 Å². The molecular formula is C21H23NO5. The number of benzene rings is 2. The number of hydrogen-bond acceptors (Lipinski definition) is 5. The number of aromatic amines is 1. The summed E-state index contributed by atoms with van der Waals surface area (Å²) in [7, 11) is 4.68. The Hall–Kier alpha value is -3.15. The molecule has 0 radical (unpaired) electrons. The Morgan fingerprint density at radius 2 is 1.63 bits per heavy atom. The Labute approximate surface area is 158 Å². The van der Waals surface area contributed by atoms with Crippen molar-refractivity contribution < 1.29 is 23.7 Å². The average Bonchev–Trinajstić information content (AvgIpc) is 3.09. The SMILES string of the molecule is COc1ccc2c(C(=O)c3cc(OC)c(OC(C)C)c(OC)c3)c[nH]c2c1. The Bertz CT molecular complexity index is 949. The third-order valence-corrected chi connectivity index (χ3v) is 4.21. The zero-order chi connectivity index (χ0) is 19.6. The number of aromatic nitrogens is 1. The zero-order valence-corrected chi connectivity index (χ0v) is 16.1. The van der Waals surface area contributed by atoms with E-state index in [-0.39, 0.29) is 11.9 Å². The average molecular weight is 369 g/mol. The van der Waals surface area contributed by atoms with E-state index in [1.54, 1.807) is 25.4 Å². The molecule has 0 spiro atoms. The molecule has 0 amide bonds. The molecule has 0 saturated carbocycles. The van der Waals surface area contributed by atoms with Crippen LogP contribution in [0, 0.1) is 0 Å². The molecule has 2 aromatic carbocycles. The van der Waals surface area contributed by atoms with Crippen molar-refractivity contribution in [2.24, 2.45) is 0 Å². The Morgan fingerprint density at radius 3 is 2.19 bits per heavy atom. The summed E-state index contributed by atoms with van der Waals surface area (Å²) in [6.45, 7) is 3.83. The lowest BCUT2D eigenvalue weighted by Gasteiger charge is -2.17. The summed E-state index contributed by atoms with van der Waals surface area (Å²) >= 11 is 0. The van der Waals surface area contributed by atoms with E-state index in [9.17, 15) is 4.79 Å². The highest BCUT2D eigenvalue weighted by molar-refractivity contribution is 6.16. The van der Waals surface area contributed by atoms with Crippen molar-refractivity contribution in [3.8, 4) is 23.0 Å². The number of methoxy groups -OCH3 is 3. The molecule has 6 nitrogen and oxygen atoms in total. The minimum atomic E-state index is -0.140. The maximum Gasteiger partial charge on any atom is 0.203 e. The molecule has 0 aliphatic carbocycles. The molecule has 142 valence electrons. The van der Waals surface area contributed by atoms with E-state index in [2.05, 4.69) is 4.98 Å². The van der Waals surface area contributed by atoms with Crippen molar-refractivity contribution in [2.45, 2.75) is 20.0 Å². The van der Waals surface area contributed by atoms with Gasteiger partial charge in [0.15, 0.2) is 17.3 Å². The van der Waals surface area contributed by atoms with Gasteiger partial charge in [0.2, 0.25) is 5.75 Å². The first-order chi connectivity index (χ1) is 13.0. The van der Waals surface area contributed by atoms with Gasteiger partial charge in [0, 0.05) is 34.3 Å². The summed E-state index contributed by atoms with van der Waals surface area (Å²) in [6, 6.07) is 8.89. The van der Waals surface area contributed by atoms with Crippen LogP contribution in [0.4, 0.5) is 0 Å². The van der Waals surface area contributed by atoms with Crippen LogP contribution >= 0.6 is 0 Å². The van der Waals surface area contributed by atoms with E-state index in [0.29, 0.717) is 28.4 Å². The van der Waals surface area contributed by atoms with Crippen LogP contribution < -0.4 is 18.9 Å². The molecule has 1 N–H and O–H groups in total. The number of nitrogens with one attached hydrogen (secondary N) is 1. The predicted molar refractivity (Wildman–Crippen MR) is 104 cm³/mol. The van der Waals surface area contributed by atoms with Gasteiger partial charge in [-0.25, -0.2) is 0 Å². The van der Waals surface area contributed by atoms with Gasteiger partial charge in [-0.1, -0.05) is 0 Å². The normalized spacial score (nSPS) is 10.9. The molecule has 0 aliphatic rings. The van der Waals surface area contributed by atoms with Gasteiger partial charge in [-0.05, 0) is 38.1 Å². The molecule has 0 fully saturated rings. The summed E-state index contributed by atoms with van der Waals surface area (Å²) in [5.74, 6) is 1.97. The molecule has 0 unspecified atom stereocenters. The number of carbonyl (C=O) groups excluding carboxylic acids is 1. The van der Waals surface area contributed by atoms with Crippen molar-refractivity contribution in [2.75, 3.05) is 21.3 Å². The van der Waals surface area contributed by atoms with E-state index in [1.165, 1.54) is 14.2 Å². The highest BCUT2D eigenvalue weighted by Gasteiger charge is 2.21. The number of rotatable bonds is 7. The highest BCUT2D eigenvalue weighted by Crippen LogP contribution is 2.40. The van der Waals surface area contributed by atoms with Gasteiger partial charge in [0.25, 0.3) is 0 Å². The van der Waals surface area contributed by atoms with Gasteiger partial charge in [-0.15, -0.1) is 0 Å². The number of fused-ring (bicyclic) bond motifs is 1. The fourth-order valence-electron chi connectivity index (χ4n) is 2.94. The number of H-pyrrole nitrogens is 1. The van der Waals surface area contributed by atoms with E-state index in [4.69, 9.17) is 18.9 Å². The summed E-state index contributed by atoms with van der Waals surface area (Å²) in [6.07, 6.45) is 1.64. The van der Waals surface area contributed by atoms with E-state index < -0.39 is 0 Å². The molecule has 0 aliphatic heterocycles. The van der Waals surface area contributed by atoms with Crippen LogP contribution in [0.3, 0.4) is 0 Å². The van der Waals surface area contributed by atoms with Gasteiger partial charge < -0.3 is 23.9 Å².